The van der Waals surface area contributed by atoms with Crippen LogP contribution >= 0.6 is 0 Å². The molecule has 0 bridgehead atoms. The molecule has 0 aliphatic heterocycles. The van der Waals surface area contributed by atoms with E-state index in [0.717, 1.165) is 6.07 Å². The van der Waals surface area contributed by atoms with Crippen LogP contribution in [-0.2, 0) is 9.84 Å². The first-order valence-electron chi connectivity index (χ1n) is 4.98. The maximum Gasteiger partial charge on any atom is 0.213 e. The molecule has 1 heterocycles. The molecule has 0 radical (unpaired) electrons. The van der Waals surface area contributed by atoms with Crippen LogP contribution in [0.1, 0.15) is 13.3 Å². The maximum atomic E-state index is 12.4. The van der Waals surface area contributed by atoms with Crippen molar-refractivity contribution in [2.75, 3.05) is 18.1 Å². The summed E-state index contributed by atoms with van der Waals surface area (Å²) in [5, 5.41) is 0. The van der Waals surface area contributed by atoms with Crippen molar-refractivity contribution in [1.82, 2.24) is 4.98 Å². The number of hydrogen-bond acceptors (Lipinski definition) is 4. The van der Waals surface area contributed by atoms with Crippen LogP contribution in [0.25, 0.3) is 0 Å². The Balaban J connectivity index is 2.39. The number of hydrogen-bond donors (Lipinski definition) is 0. The molecule has 1 rings (SSSR count). The second-order valence-electron chi connectivity index (χ2n) is 3.32. The van der Waals surface area contributed by atoms with Crippen LogP contribution in [-0.4, -0.2) is 31.5 Å². The van der Waals surface area contributed by atoms with Gasteiger partial charge in [-0.05, 0) is 18.6 Å². The summed E-state index contributed by atoms with van der Waals surface area (Å²) in [4.78, 5) is 3.39. The van der Waals surface area contributed by atoms with Crippen molar-refractivity contribution in [2.45, 2.75) is 13.3 Å². The highest BCUT2D eigenvalue weighted by molar-refractivity contribution is 7.91. The molecule has 0 N–H and O–H groups in total. The fourth-order valence-electron chi connectivity index (χ4n) is 1.15. The zero-order chi connectivity index (χ0) is 12.0. The van der Waals surface area contributed by atoms with Crippen molar-refractivity contribution in [3.63, 3.8) is 0 Å². The average molecular weight is 247 g/mol. The maximum absolute atomic E-state index is 12.4. The van der Waals surface area contributed by atoms with E-state index >= 15 is 0 Å². The first-order chi connectivity index (χ1) is 7.53. The third-order valence-electron chi connectivity index (χ3n) is 1.88. The second-order valence-corrected chi connectivity index (χ2v) is 5.62. The smallest absolute Gasteiger partial charge is 0.213 e. The second kappa shape index (κ2) is 5.79. The Hall–Kier alpha value is -1.17. The third-order valence-corrected chi connectivity index (χ3v) is 3.70. The molecule has 16 heavy (non-hydrogen) atoms. The van der Waals surface area contributed by atoms with Crippen molar-refractivity contribution in [3.8, 4) is 5.75 Å². The average Bonchev–Trinajstić information content (AvgIpc) is 2.20. The van der Waals surface area contributed by atoms with Gasteiger partial charge in [0.05, 0.1) is 17.7 Å². The van der Waals surface area contributed by atoms with Gasteiger partial charge in [-0.3, -0.25) is 0 Å². The first-order valence-corrected chi connectivity index (χ1v) is 6.80. The molecule has 0 aliphatic rings. The summed E-state index contributed by atoms with van der Waals surface area (Å²) in [6.07, 6.45) is 1.82. The molecule has 0 saturated heterocycles. The van der Waals surface area contributed by atoms with Crippen LogP contribution in [0.5, 0.6) is 5.75 Å². The van der Waals surface area contributed by atoms with E-state index < -0.39 is 15.8 Å². The molecule has 0 atom stereocenters. The van der Waals surface area contributed by atoms with E-state index in [-0.39, 0.29) is 18.1 Å². The summed E-state index contributed by atoms with van der Waals surface area (Å²) in [6, 6.07) is 2.57. The first kappa shape index (κ1) is 12.9. The number of rotatable bonds is 6. The summed E-state index contributed by atoms with van der Waals surface area (Å²) in [7, 11) is -3.03. The number of sulfone groups is 1. The van der Waals surface area contributed by atoms with E-state index in [4.69, 9.17) is 4.74 Å². The molecule has 90 valence electrons. The van der Waals surface area contributed by atoms with Gasteiger partial charge in [0.15, 0.2) is 9.84 Å². The normalized spacial score (nSPS) is 11.4. The molecule has 0 fully saturated rings. The highest BCUT2D eigenvalue weighted by atomic mass is 32.2. The summed E-state index contributed by atoms with van der Waals surface area (Å²) >= 11 is 0. The Morgan fingerprint density at radius 1 is 1.38 bits per heavy atom. The molecule has 6 heteroatoms. The Morgan fingerprint density at radius 2 is 2.12 bits per heavy atom. The lowest BCUT2D eigenvalue weighted by Gasteiger charge is -2.05. The van der Waals surface area contributed by atoms with Crippen molar-refractivity contribution < 1.29 is 17.5 Å². The van der Waals surface area contributed by atoms with E-state index in [1.54, 1.807) is 0 Å². The minimum Gasteiger partial charge on any atom is -0.491 e. The lowest BCUT2D eigenvalue weighted by molar-refractivity contribution is 0.338. The Bertz CT molecular complexity index is 416. The van der Waals surface area contributed by atoms with Crippen LogP contribution in [0.4, 0.5) is 4.39 Å². The van der Waals surface area contributed by atoms with Crippen LogP contribution in [0.2, 0.25) is 0 Å². The van der Waals surface area contributed by atoms with Gasteiger partial charge in [-0.15, -0.1) is 0 Å². The third kappa shape index (κ3) is 4.57. The van der Waals surface area contributed by atoms with Gasteiger partial charge in [0.1, 0.15) is 12.4 Å². The van der Waals surface area contributed by atoms with Crippen LogP contribution < -0.4 is 4.74 Å². The highest BCUT2D eigenvalue weighted by Gasteiger charge is 2.09. The monoisotopic (exact) mass is 247 g/mol. The zero-order valence-corrected chi connectivity index (χ0v) is 9.84. The molecule has 0 unspecified atom stereocenters. The number of ether oxygens (including phenoxy) is 1. The Kier molecular flexibility index (Phi) is 4.67. The van der Waals surface area contributed by atoms with Crippen LogP contribution in [0.15, 0.2) is 18.3 Å². The molecular formula is C10H14FNO3S. The summed E-state index contributed by atoms with van der Waals surface area (Å²) in [5.41, 5.74) is 0. The molecule has 0 saturated carbocycles. The molecule has 0 aliphatic carbocycles. The molecule has 0 aromatic carbocycles. The quantitative estimate of drug-likeness (QED) is 0.713. The van der Waals surface area contributed by atoms with Gasteiger partial charge in [0, 0.05) is 0 Å². The number of pyridine rings is 1. The predicted molar refractivity (Wildman–Crippen MR) is 58.6 cm³/mol. The summed E-state index contributed by atoms with van der Waals surface area (Å²) in [6.45, 7) is 1.87. The zero-order valence-electron chi connectivity index (χ0n) is 9.02. The van der Waals surface area contributed by atoms with Gasteiger partial charge in [-0.2, -0.15) is 4.39 Å². The molecular weight excluding hydrogens is 233 g/mol. The number of nitrogens with zero attached hydrogens (tertiary/aromatic N) is 1. The molecule has 0 amide bonds. The van der Waals surface area contributed by atoms with Crippen molar-refractivity contribution in [1.29, 1.82) is 0 Å². The summed E-state index contributed by atoms with van der Waals surface area (Å²) in [5.74, 6) is -0.0879. The van der Waals surface area contributed by atoms with Gasteiger partial charge in [0.25, 0.3) is 0 Å². The van der Waals surface area contributed by atoms with Crippen molar-refractivity contribution in [2.24, 2.45) is 0 Å². The fraction of sp³-hybridized carbons (Fsp3) is 0.500. The lowest BCUT2D eigenvalue weighted by atomic mass is 10.4. The van der Waals surface area contributed by atoms with E-state index in [1.165, 1.54) is 12.3 Å². The van der Waals surface area contributed by atoms with E-state index in [1.807, 2.05) is 6.92 Å². The van der Waals surface area contributed by atoms with E-state index in [2.05, 4.69) is 4.98 Å². The van der Waals surface area contributed by atoms with Gasteiger partial charge < -0.3 is 4.74 Å². The largest absolute Gasteiger partial charge is 0.491 e. The standard InChI is InChI=1S/C10H14FNO3S/c1-2-6-16(13,14)7-5-15-9-3-4-10(11)12-8-9/h3-4,8H,2,5-7H2,1H3. The number of halogens is 1. The lowest BCUT2D eigenvalue weighted by Crippen LogP contribution is -2.16. The fourth-order valence-corrected chi connectivity index (χ4v) is 2.31. The Labute approximate surface area is 94.4 Å². The van der Waals surface area contributed by atoms with Crippen LogP contribution in [0.3, 0.4) is 0 Å². The van der Waals surface area contributed by atoms with Crippen molar-refractivity contribution in [3.05, 3.63) is 24.3 Å². The van der Waals surface area contributed by atoms with E-state index in [0.29, 0.717) is 12.2 Å². The minimum absolute atomic E-state index is 0.0295. The summed E-state index contributed by atoms with van der Waals surface area (Å²) < 4.78 is 40.2. The van der Waals surface area contributed by atoms with Gasteiger partial charge in [-0.1, -0.05) is 6.92 Å². The minimum atomic E-state index is -3.03. The molecule has 4 nitrogen and oxygen atoms in total. The van der Waals surface area contributed by atoms with Gasteiger partial charge in [-0.25, -0.2) is 13.4 Å². The van der Waals surface area contributed by atoms with Gasteiger partial charge in [0.2, 0.25) is 5.95 Å². The van der Waals surface area contributed by atoms with Crippen LogP contribution in [0, 0.1) is 5.95 Å². The Morgan fingerprint density at radius 3 is 2.69 bits per heavy atom. The SMILES string of the molecule is CCCS(=O)(=O)CCOc1ccc(F)nc1. The van der Waals surface area contributed by atoms with E-state index in [9.17, 15) is 12.8 Å². The van der Waals surface area contributed by atoms with Gasteiger partial charge >= 0.3 is 0 Å². The topological polar surface area (TPSA) is 56.3 Å². The molecule has 0 spiro atoms. The molecule has 1 aromatic heterocycles. The highest BCUT2D eigenvalue weighted by Crippen LogP contribution is 2.08. The number of aromatic nitrogens is 1. The molecule has 1 aromatic rings. The predicted octanol–water partition coefficient (Wildman–Crippen LogP) is 1.42. The van der Waals surface area contributed by atoms with Crippen molar-refractivity contribution >= 4 is 9.84 Å².